The fraction of sp³-hybridized carbons (Fsp3) is 0.615. The molecule has 0 aliphatic carbocycles. The fourth-order valence-corrected chi connectivity index (χ4v) is 2.91. The van der Waals surface area contributed by atoms with Gasteiger partial charge in [0.1, 0.15) is 5.76 Å². The van der Waals surface area contributed by atoms with Crippen molar-refractivity contribution in [2.24, 2.45) is 10.9 Å². The third-order valence-corrected chi connectivity index (χ3v) is 3.95. The second kappa shape index (κ2) is 5.63. The van der Waals surface area contributed by atoms with Crippen LogP contribution in [0.4, 0.5) is 0 Å². The summed E-state index contributed by atoms with van der Waals surface area (Å²) < 4.78 is 5.38. The zero-order chi connectivity index (χ0) is 12.3. The van der Waals surface area contributed by atoms with E-state index in [1.807, 2.05) is 23.9 Å². The van der Waals surface area contributed by atoms with Gasteiger partial charge in [-0.2, -0.15) is 0 Å². The van der Waals surface area contributed by atoms with E-state index < -0.39 is 0 Å². The SMILES string of the molecule is CC(NC1=NC(C(C)C)CCS1)c1ccco1. The molecule has 0 amide bonds. The van der Waals surface area contributed by atoms with Crippen molar-refractivity contribution in [3.8, 4) is 0 Å². The third kappa shape index (κ3) is 3.28. The Hall–Kier alpha value is -0.900. The average Bonchev–Trinajstić information content (AvgIpc) is 2.82. The lowest BCUT2D eigenvalue weighted by atomic mass is 10.0. The van der Waals surface area contributed by atoms with Gasteiger partial charge in [0.05, 0.1) is 18.3 Å². The Labute approximate surface area is 107 Å². The highest BCUT2D eigenvalue weighted by Gasteiger charge is 2.20. The first-order valence-electron chi connectivity index (χ1n) is 6.17. The van der Waals surface area contributed by atoms with E-state index >= 15 is 0 Å². The van der Waals surface area contributed by atoms with Crippen molar-refractivity contribution in [2.75, 3.05) is 5.75 Å². The number of hydrogen-bond acceptors (Lipinski definition) is 4. The summed E-state index contributed by atoms with van der Waals surface area (Å²) in [4.78, 5) is 4.76. The van der Waals surface area contributed by atoms with Gasteiger partial charge in [-0.3, -0.25) is 4.99 Å². The summed E-state index contributed by atoms with van der Waals surface area (Å²) in [5.74, 6) is 2.73. The second-order valence-corrected chi connectivity index (χ2v) is 5.85. The summed E-state index contributed by atoms with van der Waals surface area (Å²) in [6.07, 6.45) is 2.89. The highest BCUT2D eigenvalue weighted by atomic mass is 32.2. The molecular weight excluding hydrogens is 232 g/mol. The van der Waals surface area contributed by atoms with Gasteiger partial charge in [-0.1, -0.05) is 25.6 Å². The first-order chi connectivity index (χ1) is 8.16. The molecule has 3 nitrogen and oxygen atoms in total. The first kappa shape index (κ1) is 12.6. The molecule has 94 valence electrons. The summed E-state index contributed by atoms with van der Waals surface area (Å²) in [6.45, 7) is 6.57. The van der Waals surface area contributed by atoms with E-state index in [9.17, 15) is 0 Å². The summed E-state index contributed by atoms with van der Waals surface area (Å²) in [5, 5.41) is 4.48. The lowest BCUT2D eigenvalue weighted by molar-refractivity contribution is 0.457. The van der Waals surface area contributed by atoms with Gasteiger partial charge in [0.25, 0.3) is 0 Å². The molecule has 17 heavy (non-hydrogen) atoms. The largest absolute Gasteiger partial charge is 0.467 e. The average molecular weight is 252 g/mol. The van der Waals surface area contributed by atoms with Crippen molar-refractivity contribution in [1.29, 1.82) is 0 Å². The topological polar surface area (TPSA) is 37.5 Å². The molecule has 1 N–H and O–H groups in total. The highest BCUT2D eigenvalue weighted by molar-refractivity contribution is 8.13. The number of nitrogens with zero attached hydrogens (tertiary/aromatic N) is 1. The minimum absolute atomic E-state index is 0.183. The number of furan rings is 1. The van der Waals surface area contributed by atoms with Crippen molar-refractivity contribution in [3.63, 3.8) is 0 Å². The van der Waals surface area contributed by atoms with Gasteiger partial charge in [0.2, 0.25) is 0 Å². The molecule has 0 aromatic carbocycles. The molecule has 1 aromatic heterocycles. The maximum Gasteiger partial charge on any atom is 0.157 e. The Bertz CT molecular complexity index is 373. The summed E-state index contributed by atoms with van der Waals surface area (Å²) in [6, 6.07) is 4.55. The number of amidine groups is 1. The van der Waals surface area contributed by atoms with Crippen molar-refractivity contribution >= 4 is 16.9 Å². The number of nitrogens with one attached hydrogen (secondary N) is 1. The molecule has 0 saturated heterocycles. The molecule has 0 fully saturated rings. The standard InChI is InChI=1S/C13H20N2OS/c1-9(2)11-6-8-17-13(15-11)14-10(3)12-5-4-7-16-12/h4-5,7,9-11H,6,8H2,1-3H3,(H,14,15). The Kier molecular flexibility index (Phi) is 4.15. The zero-order valence-electron chi connectivity index (χ0n) is 10.6. The van der Waals surface area contributed by atoms with Crippen LogP contribution in [-0.2, 0) is 0 Å². The van der Waals surface area contributed by atoms with Gasteiger partial charge in [0, 0.05) is 5.75 Å². The van der Waals surface area contributed by atoms with Crippen LogP contribution in [-0.4, -0.2) is 17.0 Å². The summed E-state index contributed by atoms with van der Waals surface area (Å²) in [5.41, 5.74) is 0. The number of hydrogen-bond donors (Lipinski definition) is 1. The number of aliphatic imine (C=N–C) groups is 1. The lowest BCUT2D eigenvalue weighted by Gasteiger charge is -2.24. The maximum absolute atomic E-state index is 5.38. The molecule has 4 heteroatoms. The molecule has 0 spiro atoms. The Balaban J connectivity index is 1.98. The minimum atomic E-state index is 0.183. The van der Waals surface area contributed by atoms with Crippen LogP contribution in [0.25, 0.3) is 0 Å². The first-order valence-corrected chi connectivity index (χ1v) is 7.16. The van der Waals surface area contributed by atoms with E-state index in [4.69, 9.17) is 9.41 Å². The van der Waals surface area contributed by atoms with E-state index in [2.05, 4.69) is 26.1 Å². The van der Waals surface area contributed by atoms with Gasteiger partial charge >= 0.3 is 0 Å². The molecule has 0 bridgehead atoms. The van der Waals surface area contributed by atoms with Crippen LogP contribution in [0.1, 0.15) is 39.0 Å². The van der Waals surface area contributed by atoms with Gasteiger partial charge in [-0.25, -0.2) is 0 Å². The smallest absolute Gasteiger partial charge is 0.157 e. The minimum Gasteiger partial charge on any atom is -0.467 e. The summed E-state index contributed by atoms with van der Waals surface area (Å²) in [7, 11) is 0. The second-order valence-electron chi connectivity index (χ2n) is 4.76. The highest BCUT2D eigenvalue weighted by Crippen LogP contribution is 2.23. The number of rotatable bonds is 3. The van der Waals surface area contributed by atoms with E-state index in [1.54, 1.807) is 6.26 Å². The molecule has 2 unspecified atom stereocenters. The van der Waals surface area contributed by atoms with Crippen LogP contribution in [0.15, 0.2) is 27.8 Å². The monoisotopic (exact) mass is 252 g/mol. The molecule has 2 atom stereocenters. The Morgan fingerprint density at radius 2 is 2.29 bits per heavy atom. The van der Waals surface area contributed by atoms with Crippen molar-refractivity contribution in [1.82, 2.24) is 5.32 Å². The number of thioether (sulfide) groups is 1. The van der Waals surface area contributed by atoms with E-state index in [0.29, 0.717) is 12.0 Å². The van der Waals surface area contributed by atoms with E-state index in [0.717, 1.165) is 16.7 Å². The van der Waals surface area contributed by atoms with Crippen molar-refractivity contribution in [3.05, 3.63) is 24.2 Å². The summed E-state index contributed by atoms with van der Waals surface area (Å²) >= 11 is 1.81. The third-order valence-electron chi connectivity index (χ3n) is 3.01. The molecule has 2 rings (SSSR count). The van der Waals surface area contributed by atoms with Crippen molar-refractivity contribution in [2.45, 2.75) is 39.3 Å². The van der Waals surface area contributed by atoms with E-state index in [-0.39, 0.29) is 6.04 Å². The zero-order valence-corrected chi connectivity index (χ0v) is 11.5. The molecule has 1 aliphatic rings. The van der Waals surface area contributed by atoms with Crippen LogP contribution in [0.5, 0.6) is 0 Å². The molecule has 0 radical (unpaired) electrons. The van der Waals surface area contributed by atoms with E-state index in [1.165, 1.54) is 6.42 Å². The Morgan fingerprint density at radius 1 is 1.47 bits per heavy atom. The van der Waals surface area contributed by atoms with Crippen LogP contribution < -0.4 is 5.32 Å². The maximum atomic E-state index is 5.38. The van der Waals surface area contributed by atoms with Crippen LogP contribution in [0, 0.1) is 5.92 Å². The van der Waals surface area contributed by atoms with Crippen molar-refractivity contribution < 1.29 is 4.42 Å². The predicted molar refractivity (Wildman–Crippen MR) is 73.4 cm³/mol. The van der Waals surface area contributed by atoms with Crippen LogP contribution in [0.2, 0.25) is 0 Å². The Morgan fingerprint density at radius 3 is 2.94 bits per heavy atom. The van der Waals surface area contributed by atoms with Gasteiger partial charge in [0.15, 0.2) is 5.17 Å². The molecule has 1 aromatic rings. The van der Waals surface area contributed by atoms with Crippen LogP contribution in [0.3, 0.4) is 0 Å². The fourth-order valence-electron chi connectivity index (χ4n) is 1.88. The van der Waals surface area contributed by atoms with Gasteiger partial charge in [-0.15, -0.1) is 0 Å². The molecule has 1 aliphatic heterocycles. The van der Waals surface area contributed by atoms with Crippen LogP contribution >= 0.6 is 11.8 Å². The predicted octanol–water partition coefficient (Wildman–Crippen LogP) is 3.45. The quantitative estimate of drug-likeness (QED) is 0.895. The molecule has 2 heterocycles. The molecule has 0 saturated carbocycles. The normalized spacial score (nSPS) is 22.4. The van der Waals surface area contributed by atoms with Gasteiger partial charge in [-0.05, 0) is 31.4 Å². The van der Waals surface area contributed by atoms with Gasteiger partial charge < -0.3 is 9.73 Å². The molecular formula is C13H20N2OS. The lowest BCUT2D eigenvalue weighted by Crippen LogP contribution is -2.30.